The standard InChI is InChI=1S/C20H22BrN3O2S/c1-5-6-9-25-23-13-20(3,4)24-19(27)14(2)26-17-7-8-18-15(11-17)10-16(21)12-22-18/h7-8,10-14H,9H2,1-4H3,(H,24,27). The van der Waals surface area contributed by atoms with Crippen LogP contribution >= 0.6 is 28.1 Å². The summed E-state index contributed by atoms with van der Waals surface area (Å²) in [6, 6.07) is 7.76. The molecule has 1 aromatic carbocycles. The summed E-state index contributed by atoms with van der Waals surface area (Å²) in [6.07, 6.45) is 3.12. The molecule has 0 radical (unpaired) electrons. The van der Waals surface area contributed by atoms with Gasteiger partial charge in [-0.15, -0.1) is 5.92 Å². The van der Waals surface area contributed by atoms with E-state index in [1.807, 2.05) is 45.0 Å². The molecule has 0 aliphatic heterocycles. The van der Waals surface area contributed by atoms with Gasteiger partial charge in [-0.1, -0.05) is 23.3 Å². The third-order valence-corrected chi connectivity index (χ3v) is 4.38. The van der Waals surface area contributed by atoms with Crippen molar-refractivity contribution in [2.24, 2.45) is 5.16 Å². The number of aromatic nitrogens is 1. The molecule has 1 unspecified atom stereocenters. The van der Waals surface area contributed by atoms with Crippen molar-refractivity contribution < 1.29 is 9.57 Å². The van der Waals surface area contributed by atoms with E-state index in [1.54, 1.807) is 19.3 Å². The van der Waals surface area contributed by atoms with Gasteiger partial charge >= 0.3 is 0 Å². The molecule has 0 aliphatic carbocycles. The van der Waals surface area contributed by atoms with Gasteiger partial charge in [0.2, 0.25) is 0 Å². The third-order valence-electron chi connectivity index (χ3n) is 3.51. The second-order valence-electron chi connectivity index (χ2n) is 6.41. The SMILES string of the molecule is CC#CCON=CC(C)(C)NC(=S)C(C)Oc1ccc2ncc(Br)cc2c1. The summed E-state index contributed by atoms with van der Waals surface area (Å²) in [5.74, 6) is 6.25. The Balaban J connectivity index is 1.97. The van der Waals surface area contributed by atoms with E-state index in [1.165, 1.54) is 0 Å². The average molecular weight is 448 g/mol. The molecule has 2 aromatic rings. The topological polar surface area (TPSA) is 55.7 Å². The van der Waals surface area contributed by atoms with Crippen molar-refractivity contribution in [1.29, 1.82) is 0 Å². The Morgan fingerprint density at radius 2 is 2.22 bits per heavy atom. The molecular weight excluding hydrogens is 426 g/mol. The first kappa shape index (κ1) is 21.1. The van der Waals surface area contributed by atoms with Crippen LogP contribution in [0.5, 0.6) is 5.75 Å². The lowest BCUT2D eigenvalue weighted by Crippen LogP contribution is -2.48. The fourth-order valence-electron chi connectivity index (χ4n) is 2.18. The molecule has 1 aromatic heterocycles. The number of rotatable bonds is 7. The predicted octanol–water partition coefficient (Wildman–Crippen LogP) is 4.49. The zero-order valence-corrected chi connectivity index (χ0v) is 18.1. The number of fused-ring (bicyclic) bond motifs is 1. The van der Waals surface area contributed by atoms with Crippen molar-refractivity contribution in [2.45, 2.75) is 39.3 Å². The summed E-state index contributed by atoms with van der Waals surface area (Å²) >= 11 is 8.91. The second kappa shape index (κ2) is 9.67. The number of pyridine rings is 1. The van der Waals surface area contributed by atoms with Crippen LogP contribution in [0.25, 0.3) is 10.9 Å². The van der Waals surface area contributed by atoms with E-state index in [2.05, 4.69) is 43.2 Å². The highest BCUT2D eigenvalue weighted by molar-refractivity contribution is 9.10. The maximum atomic E-state index is 5.99. The molecule has 0 bridgehead atoms. The lowest BCUT2D eigenvalue weighted by atomic mass is 10.1. The van der Waals surface area contributed by atoms with E-state index >= 15 is 0 Å². The van der Waals surface area contributed by atoms with Gasteiger partial charge in [-0.05, 0) is 67.9 Å². The van der Waals surface area contributed by atoms with E-state index in [-0.39, 0.29) is 12.7 Å². The number of ether oxygens (including phenoxy) is 1. The van der Waals surface area contributed by atoms with Crippen LogP contribution in [0.2, 0.25) is 0 Å². The molecule has 0 saturated heterocycles. The number of thiocarbonyl (C=S) groups is 1. The quantitative estimate of drug-likeness (QED) is 0.223. The predicted molar refractivity (Wildman–Crippen MR) is 117 cm³/mol. The zero-order chi connectivity index (χ0) is 19.9. The molecule has 142 valence electrons. The first-order valence-corrected chi connectivity index (χ1v) is 9.61. The van der Waals surface area contributed by atoms with Gasteiger partial charge < -0.3 is 14.9 Å². The molecular formula is C20H22BrN3O2S. The number of hydrogen-bond acceptors (Lipinski definition) is 5. The summed E-state index contributed by atoms with van der Waals surface area (Å²) in [5, 5.41) is 8.15. The van der Waals surface area contributed by atoms with E-state index in [9.17, 15) is 0 Å². The summed E-state index contributed by atoms with van der Waals surface area (Å²) in [4.78, 5) is 10.0. The Morgan fingerprint density at radius 1 is 1.44 bits per heavy atom. The van der Waals surface area contributed by atoms with Gasteiger partial charge in [-0.2, -0.15) is 0 Å². The highest BCUT2D eigenvalue weighted by atomic mass is 79.9. The van der Waals surface area contributed by atoms with Gasteiger partial charge in [0, 0.05) is 16.1 Å². The van der Waals surface area contributed by atoms with Crippen LogP contribution in [0.15, 0.2) is 40.1 Å². The Labute approximate surface area is 173 Å². The lowest BCUT2D eigenvalue weighted by Gasteiger charge is -2.26. The minimum absolute atomic E-state index is 0.264. The molecule has 27 heavy (non-hydrogen) atoms. The number of benzene rings is 1. The Morgan fingerprint density at radius 3 is 2.96 bits per heavy atom. The van der Waals surface area contributed by atoms with Crippen LogP contribution in [-0.2, 0) is 4.84 Å². The highest BCUT2D eigenvalue weighted by Gasteiger charge is 2.20. The third kappa shape index (κ3) is 6.81. The molecule has 0 saturated carbocycles. The normalized spacial score (nSPS) is 12.3. The van der Waals surface area contributed by atoms with E-state index < -0.39 is 5.54 Å². The van der Waals surface area contributed by atoms with Gasteiger partial charge in [0.1, 0.15) is 16.8 Å². The molecule has 1 heterocycles. The average Bonchev–Trinajstić information content (AvgIpc) is 2.60. The van der Waals surface area contributed by atoms with Gasteiger partial charge in [-0.3, -0.25) is 4.98 Å². The van der Waals surface area contributed by atoms with Crippen LogP contribution in [-0.4, -0.2) is 34.4 Å². The molecule has 5 nitrogen and oxygen atoms in total. The number of hydrogen-bond donors (Lipinski definition) is 1. The Bertz CT molecular complexity index is 903. The van der Waals surface area contributed by atoms with Crippen LogP contribution in [0.4, 0.5) is 0 Å². The zero-order valence-electron chi connectivity index (χ0n) is 15.7. The van der Waals surface area contributed by atoms with Crippen LogP contribution in [0, 0.1) is 11.8 Å². The number of halogens is 1. The molecule has 1 atom stereocenters. The minimum Gasteiger partial charge on any atom is -0.484 e. The molecule has 0 amide bonds. The van der Waals surface area contributed by atoms with Crippen molar-refractivity contribution in [3.63, 3.8) is 0 Å². The maximum Gasteiger partial charge on any atom is 0.177 e. The molecule has 0 aliphatic rings. The van der Waals surface area contributed by atoms with Gasteiger partial charge in [-0.25, -0.2) is 0 Å². The van der Waals surface area contributed by atoms with Gasteiger partial charge in [0.25, 0.3) is 0 Å². The second-order valence-corrected chi connectivity index (χ2v) is 7.77. The fraction of sp³-hybridized carbons (Fsp3) is 0.350. The number of oxime groups is 1. The Hall–Kier alpha value is -2.17. The fourth-order valence-corrected chi connectivity index (χ4v) is 2.84. The van der Waals surface area contributed by atoms with Crippen molar-refractivity contribution in [1.82, 2.24) is 10.3 Å². The molecule has 0 fully saturated rings. The monoisotopic (exact) mass is 447 g/mol. The van der Waals surface area contributed by atoms with E-state index in [4.69, 9.17) is 21.8 Å². The number of nitrogens with one attached hydrogen (secondary N) is 1. The van der Waals surface area contributed by atoms with Crippen LogP contribution < -0.4 is 10.1 Å². The first-order chi connectivity index (χ1) is 12.8. The van der Waals surface area contributed by atoms with Crippen LogP contribution in [0.1, 0.15) is 27.7 Å². The summed E-state index contributed by atoms with van der Waals surface area (Å²) in [5.41, 5.74) is 0.427. The largest absolute Gasteiger partial charge is 0.484 e. The van der Waals surface area contributed by atoms with Crippen molar-refractivity contribution in [3.05, 3.63) is 34.9 Å². The van der Waals surface area contributed by atoms with Crippen molar-refractivity contribution in [3.8, 4) is 17.6 Å². The molecule has 0 spiro atoms. The molecule has 2 rings (SSSR count). The molecule has 1 N–H and O–H groups in total. The molecule has 7 heteroatoms. The van der Waals surface area contributed by atoms with Crippen LogP contribution in [0.3, 0.4) is 0 Å². The van der Waals surface area contributed by atoms with Crippen molar-refractivity contribution >= 4 is 50.3 Å². The maximum absolute atomic E-state index is 5.99. The Kier molecular flexibility index (Phi) is 7.57. The van der Waals surface area contributed by atoms with Gasteiger partial charge in [0.15, 0.2) is 6.61 Å². The van der Waals surface area contributed by atoms with E-state index in [0.29, 0.717) is 4.99 Å². The van der Waals surface area contributed by atoms with Crippen molar-refractivity contribution in [2.75, 3.05) is 6.61 Å². The smallest absolute Gasteiger partial charge is 0.177 e. The van der Waals surface area contributed by atoms with E-state index in [0.717, 1.165) is 21.1 Å². The highest BCUT2D eigenvalue weighted by Crippen LogP contribution is 2.23. The summed E-state index contributed by atoms with van der Waals surface area (Å²) in [6.45, 7) is 7.82. The lowest BCUT2D eigenvalue weighted by molar-refractivity contribution is 0.179. The minimum atomic E-state index is -0.480. The number of nitrogens with zero attached hydrogens (tertiary/aromatic N) is 2. The summed E-state index contributed by atoms with van der Waals surface area (Å²) in [7, 11) is 0. The summed E-state index contributed by atoms with van der Waals surface area (Å²) < 4.78 is 6.91. The van der Waals surface area contributed by atoms with Gasteiger partial charge in [0.05, 0.1) is 17.3 Å². The first-order valence-electron chi connectivity index (χ1n) is 8.41.